The van der Waals surface area contributed by atoms with Crippen LogP contribution in [0.25, 0.3) is 11.5 Å². The van der Waals surface area contributed by atoms with E-state index in [-0.39, 0.29) is 24.7 Å². The minimum absolute atomic E-state index is 0. The number of benzene rings is 1. The summed E-state index contributed by atoms with van der Waals surface area (Å²) in [6, 6.07) is 7.20. The molecule has 120 valence electrons. The van der Waals surface area contributed by atoms with Crippen LogP contribution in [-0.4, -0.2) is 30.5 Å². The lowest BCUT2D eigenvalue weighted by atomic mass is 10.2. The fraction of sp³-hybridized carbons (Fsp3) is 0.333. The monoisotopic (exact) mass is 343 g/mol. The fourth-order valence-electron chi connectivity index (χ4n) is 1.81. The number of halogens is 2. The highest BCUT2D eigenvalue weighted by atomic mass is 35.5. The molecule has 2 aromatic rings. The number of rotatable bonds is 7. The van der Waals surface area contributed by atoms with E-state index in [9.17, 15) is 4.79 Å². The number of hydrogen-bond donors (Lipinski definition) is 2. The first-order chi connectivity index (χ1) is 10.2. The topological polar surface area (TPSA) is 67.2 Å². The van der Waals surface area contributed by atoms with Crippen molar-refractivity contribution in [2.75, 3.05) is 19.6 Å². The van der Waals surface area contributed by atoms with Gasteiger partial charge < -0.3 is 15.1 Å². The van der Waals surface area contributed by atoms with E-state index >= 15 is 0 Å². The first-order valence-electron chi connectivity index (χ1n) is 6.87. The maximum absolute atomic E-state index is 11.7. The fourth-order valence-corrected chi connectivity index (χ4v) is 1.93. The molecule has 7 heteroatoms. The van der Waals surface area contributed by atoms with Gasteiger partial charge in [-0.25, -0.2) is 4.98 Å². The molecular weight excluding hydrogens is 325 g/mol. The zero-order valence-electron chi connectivity index (χ0n) is 12.3. The van der Waals surface area contributed by atoms with Crippen molar-refractivity contribution in [3.05, 3.63) is 41.2 Å². The van der Waals surface area contributed by atoms with Crippen LogP contribution in [-0.2, 0) is 11.2 Å². The largest absolute Gasteiger partial charge is 0.444 e. The lowest BCUT2D eigenvalue weighted by Crippen LogP contribution is -2.32. The molecule has 0 saturated carbocycles. The van der Waals surface area contributed by atoms with Crippen LogP contribution in [0.3, 0.4) is 0 Å². The van der Waals surface area contributed by atoms with Crippen molar-refractivity contribution in [1.29, 1.82) is 0 Å². The van der Waals surface area contributed by atoms with Crippen LogP contribution in [0.4, 0.5) is 0 Å². The minimum Gasteiger partial charge on any atom is -0.444 e. The second-order valence-corrected chi connectivity index (χ2v) is 4.97. The Bertz CT molecular complexity index is 585. The summed E-state index contributed by atoms with van der Waals surface area (Å²) in [5, 5.41) is 6.62. The van der Waals surface area contributed by atoms with Gasteiger partial charge in [-0.15, -0.1) is 12.4 Å². The predicted molar refractivity (Wildman–Crippen MR) is 89.5 cm³/mol. The van der Waals surface area contributed by atoms with Gasteiger partial charge in [0.25, 0.3) is 0 Å². The van der Waals surface area contributed by atoms with Crippen molar-refractivity contribution in [3.8, 4) is 11.5 Å². The van der Waals surface area contributed by atoms with Gasteiger partial charge in [0, 0.05) is 23.7 Å². The first-order valence-corrected chi connectivity index (χ1v) is 7.24. The third kappa shape index (κ3) is 5.67. The minimum atomic E-state index is -0.0659. The molecule has 2 rings (SSSR count). The Labute approximate surface area is 140 Å². The molecule has 0 fully saturated rings. The van der Waals surface area contributed by atoms with Gasteiger partial charge in [-0.1, -0.05) is 18.5 Å². The molecule has 1 aromatic carbocycles. The highest BCUT2D eigenvalue weighted by Gasteiger charge is 2.10. The predicted octanol–water partition coefficient (Wildman–Crippen LogP) is 2.69. The van der Waals surface area contributed by atoms with Gasteiger partial charge in [0.15, 0.2) is 0 Å². The Hall–Kier alpha value is -1.56. The summed E-state index contributed by atoms with van der Waals surface area (Å²) < 4.78 is 5.39. The Morgan fingerprint density at radius 1 is 1.27 bits per heavy atom. The summed E-state index contributed by atoms with van der Waals surface area (Å²) in [5.74, 6) is 0.422. The van der Waals surface area contributed by atoms with Crippen molar-refractivity contribution in [1.82, 2.24) is 15.6 Å². The normalized spacial score (nSPS) is 10.1. The molecule has 2 N–H and O–H groups in total. The molecule has 0 aliphatic carbocycles. The molecule has 1 amide bonds. The van der Waals surface area contributed by atoms with E-state index in [4.69, 9.17) is 16.0 Å². The van der Waals surface area contributed by atoms with Gasteiger partial charge in [0.05, 0.1) is 12.1 Å². The quantitative estimate of drug-likeness (QED) is 0.758. The summed E-state index contributed by atoms with van der Waals surface area (Å²) in [7, 11) is 0. The summed E-state index contributed by atoms with van der Waals surface area (Å²) >= 11 is 5.84. The first kappa shape index (κ1) is 18.5. The number of nitrogens with zero attached hydrogens (tertiary/aromatic N) is 1. The van der Waals surface area contributed by atoms with E-state index in [1.807, 2.05) is 19.1 Å². The number of aromatic nitrogens is 1. The molecule has 0 saturated heterocycles. The number of carbonyl (C=O) groups is 1. The molecular formula is C15H19Cl2N3O2. The molecule has 0 spiro atoms. The van der Waals surface area contributed by atoms with Gasteiger partial charge in [-0.3, -0.25) is 4.79 Å². The third-order valence-electron chi connectivity index (χ3n) is 2.86. The smallest absolute Gasteiger partial charge is 0.226 e. The number of amides is 1. The van der Waals surface area contributed by atoms with Crippen molar-refractivity contribution in [2.24, 2.45) is 0 Å². The van der Waals surface area contributed by atoms with E-state index in [0.717, 1.165) is 18.7 Å². The summed E-state index contributed by atoms with van der Waals surface area (Å²) in [5.41, 5.74) is 1.44. The second kappa shape index (κ2) is 9.46. The maximum Gasteiger partial charge on any atom is 0.226 e. The lowest BCUT2D eigenvalue weighted by molar-refractivity contribution is -0.120. The number of likely N-dealkylation sites (N-methyl/N-ethyl adjacent to an activating group) is 1. The van der Waals surface area contributed by atoms with Crippen molar-refractivity contribution in [3.63, 3.8) is 0 Å². The average Bonchev–Trinajstić information content (AvgIpc) is 2.93. The van der Waals surface area contributed by atoms with E-state index in [1.54, 1.807) is 12.1 Å². The van der Waals surface area contributed by atoms with Crippen molar-refractivity contribution in [2.45, 2.75) is 13.3 Å². The van der Waals surface area contributed by atoms with Gasteiger partial charge in [0.1, 0.15) is 6.26 Å². The van der Waals surface area contributed by atoms with Gasteiger partial charge in [-0.2, -0.15) is 0 Å². The molecule has 1 aromatic heterocycles. The Kier molecular flexibility index (Phi) is 7.95. The molecule has 0 aliphatic rings. The van der Waals surface area contributed by atoms with Crippen LogP contribution in [0.5, 0.6) is 0 Å². The van der Waals surface area contributed by atoms with Crippen LogP contribution in [0, 0.1) is 0 Å². The second-order valence-electron chi connectivity index (χ2n) is 4.53. The zero-order chi connectivity index (χ0) is 15.1. The van der Waals surface area contributed by atoms with E-state index < -0.39 is 0 Å². The summed E-state index contributed by atoms with van der Waals surface area (Å²) in [6.45, 7) is 4.28. The molecule has 0 atom stereocenters. The van der Waals surface area contributed by atoms with E-state index in [2.05, 4.69) is 15.6 Å². The standard InChI is InChI=1S/C15H18ClN3O2.ClH/c1-2-17-7-8-18-14(20)9-13-10-21-15(19-13)11-3-5-12(16)6-4-11;/h3-6,10,17H,2,7-9H2,1H3,(H,18,20);1H. The number of nitrogens with one attached hydrogen (secondary N) is 2. The Morgan fingerprint density at radius 3 is 2.68 bits per heavy atom. The third-order valence-corrected chi connectivity index (χ3v) is 3.11. The number of oxazole rings is 1. The maximum atomic E-state index is 11.7. The van der Waals surface area contributed by atoms with E-state index in [0.29, 0.717) is 23.2 Å². The van der Waals surface area contributed by atoms with Crippen molar-refractivity contribution >= 4 is 29.9 Å². The van der Waals surface area contributed by atoms with Gasteiger partial charge >= 0.3 is 0 Å². The van der Waals surface area contributed by atoms with Crippen LogP contribution in [0.2, 0.25) is 5.02 Å². The number of hydrogen-bond acceptors (Lipinski definition) is 4. The summed E-state index contributed by atoms with van der Waals surface area (Å²) in [6.07, 6.45) is 1.72. The Balaban J connectivity index is 0.00000242. The molecule has 1 heterocycles. The molecule has 22 heavy (non-hydrogen) atoms. The summed E-state index contributed by atoms with van der Waals surface area (Å²) in [4.78, 5) is 16.0. The van der Waals surface area contributed by atoms with Crippen LogP contribution in [0.15, 0.2) is 34.9 Å². The molecule has 5 nitrogen and oxygen atoms in total. The zero-order valence-corrected chi connectivity index (χ0v) is 13.8. The van der Waals surface area contributed by atoms with Crippen LogP contribution >= 0.6 is 24.0 Å². The van der Waals surface area contributed by atoms with Gasteiger partial charge in [-0.05, 0) is 30.8 Å². The highest BCUT2D eigenvalue weighted by Crippen LogP contribution is 2.20. The van der Waals surface area contributed by atoms with Crippen LogP contribution in [0.1, 0.15) is 12.6 Å². The highest BCUT2D eigenvalue weighted by molar-refractivity contribution is 6.30. The molecule has 0 unspecified atom stereocenters. The molecule has 0 bridgehead atoms. The van der Waals surface area contributed by atoms with Crippen LogP contribution < -0.4 is 10.6 Å². The SMILES string of the molecule is CCNCCNC(=O)Cc1coc(-c2ccc(Cl)cc2)n1.Cl. The van der Waals surface area contributed by atoms with Gasteiger partial charge in [0.2, 0.25) is 11.8 Å². The lowest BCUT2D eigenvalue weighted by Gasteiger charge is -2.03. The Morgan fingerprint density at radius 2 is 2.00 bits per heavy atom. The van der Waals surface area contributed by atoms with E-state index in [1.165, 1.54) is 6.26 Å². The molecule has 0 aliphatic heterocycles. The average molecular weight is 344 g/mol. The molecule has 0 radical (unpaired) electrons. The number of carbonyl (C=O) groups excluding carboxylic acids is 1. The van der Waals surface area contributed by atoms with Crippen molar-refractivity contribution < 1.29 is 9.21 Å².